The number of methoxy groups -OCH3 is 1. The van der Waals surface area contributed by atoms with Crippen molar-refractivity contribution < 1.29 is 33.3 Å². The van der Waals surface area contributed by atoms with Crippen LogP contribution >= 0.6 is 0 Å². The highest BCUT2D eigenvalue weighted by atomic mass is 16.7. The number of benzene rings is 2. The van der Waals surface area contributed by atoms with Crippen LogP contribution in [-0.4, -0.2) is 43.5 Å². The van der Waals surface area contributed by atoms with Crippen molar-refractivity contribution in [3.63, 3.8) is 0 Å². The van der Waals surface area contributed by atoms with Crippen molar-refractivity contribution in [2.75, 3.05) is 7.11 Å². The fourth-order valence-corrected chi connectivity index (χ4v) is 12.7. The van der Waals surface area contributed by atoms with Crippen LogP contribution in [0.1, 0.15) is 115 Å². The highest BCUT2D eigenvalue weighted by molar-refractivity contribution is 5.93. The summed E-state index contributed by atoms with van der Waals surface area (Å²) in [6.45, 7) is 10.3. The van der Waals surface area contributed by atoms with E-state index in [1.807, 2.05) is 26.8 Å². The summed E-state index contributed by atoms with van der Waals surface area (Å²) in [7, 11) is 1.70. The van der Waals surface area contributed by atoms with Crippen LogP contribution in [-0.2, 0) is 39.8 Å². The Morgan fingerprint density at radius 1 is 1.00 bits per heavy atom. The molecule has 49 heavy (non-hydrogen) atoms. The maximum atomic E-state index is 14.2. The second kappa shape index (κ2) is 10.8. The molecule has 6 aliphatic carbocycles. The zero-order valence-electron chi connectivity index (χ0n) is 30.0. The van der Waals surface area contributed by atoms with Gasteiger partial charge in [-0.2, -0.15) is 0 Å². The summed E-state index contributed by atoms with van der Waals surface area (Å²) in [5.41, 5.74) is 2.96. The number of hydrogen-bond donors (Lipinski definition) is 0. The van der Waals surface area contributed by atoms with Gasteiger partial charge in [-0.25, -0.2) is 0 Å². The van der Waals surface area contributed by atoms with Gasteiger partial charge in [0.05, 0.1) is 17.8 Å². The predicted octanol–water partition coefficient (Wildman–Crippen LogP) is 7.86. The molecule has 0 amide bonds. The van der Waals surface area contributed by atoms with E-state index in [1.54, 1.807) is 7.11 Å². The number of fused-ring (bicyclic) bond motifs is 3. The first-order chi connectivity index (χ1) is 23.5. The van der Waals surface area contributed by atoms with E-state index in [4.69, 9.17) is 18.9 Å². The molecule has 2 aromatic rings. The van der Waals surface area contributed by atoms with Gasteiger partial charge in [-0.15, -0.1) is 0 Å². The molecule has 0 radical (unpaired) electrons. The minimum Gasteiger partial charge on any atom is -0.458 e. The minimum absolute atomic E-state index is 0.000921. The van der Waals surface area contributed by atoms with Crippen molar-refractivity contribution in [1.29, 1.82) is 0 Å². The van der Waals surface area contributed by atoms with E-state index in [0.29, 0.717) is 11.8 Å². The van der Waals surface area contributed by atoms with Crippen LogP contribution in [0.15, 0.2) is 30.3 Å². The summed E-state index contributed by atoms with van der Waals surface area (Å²) < 4.78 is 24.8. The molecule has 2 aromatic carbocycles. The molecule has 262 valence electrons. The largest absolute Gasteiger partial charge is 0.458 e. The summed E-state index contributed by atoms with van der Waals surface area (Å²) in [5.74, 6) is 1.37. The first-order valence-electron chi connectivity index (χ1n) is 19.1. The number of carbonyl (C=O) groups excluding carboxylic acids is 3. The average Bonchev–Trinajstić information content (AvgIpc) is 3.85. The second-order valence-electron chi connectivity index (χ2n) is 17.9. The van der Waals surface area contributed by atoms with E-state index in [9.17, 15) is 14.4 Å². The van der Waals surface area contributed by atoms with Crippen LogP contribution in [0, 0.1) is 51.8 Å². The number of ether oxygens (including phenoxy) is 4. The van der Waals surface area contributed by atoms with Crippen LogP contribution in [0.5, 0.6) is 0 Å². The zero-order valence-corrected chi connectivity index (χ0v) is 30.0. The first kappa shape index (κ1) is 32.0. The Kier molecular flexibility index (Phi) is 7.05. The number of esters is 3. The monoisotopic (exact) mass is 668 g/mol. The van der Waals surface area contributed by atoms with Gasteiger partial charge in [0, 0.05) is 30.3 Å². The summed E-state index contributed by atoms with van der Waals surface area (Å²) in [4.78, 5) is 41.3. The van der Waals surface area contributed by atoms with Crippen LogP contribution in [0.2, 0.25) is 0 Å². The molecule has 6 saturated carbocycles. The Hall–Kier alpha value is -2.93. The molecule has 1 saturated heterocycles. The maximum absolute atomic E-state index is 14.2. The normalized spacial score (nSPS) is 40.0. The molecule has 7 aliphatic rings. The van der Waals surface area contributed by atoms with Gasteiger partial charge in [-0.05, 0) is 122 Å². The van der Waals surface area contributed by atoms with Crippen LogP contribution < -0.4 is 0 Å². The standard InChI is InChI=1S/C42H52O7/c1-7-21(3)27-15-29(33-30-16-31-34(33)37(44)48-35(31)36(30)49-38(45)40(4,5)8-2)28(26-12-10-9-11-25(26)27)17-32(43)47-39(46-6)41-18-23-13-22-14-24(19-41)42(22,23)20-41/h9-12,15,21-24,30-31,33-36,39H,7-8,13-14,16-20H2,1-6H3. The van der Waals surface area contributed by atoms with Gasteiger partial charge in [0.1, 0.15) is 12.2 Å². The van der Waals surface area contributed by atoms with Crippen molar-refractivity contribution in [2.45, 2.75) is 123 Å². The molecule has 7 nitrogen and oxygen atoms in total. The predicted molar refractivity (Wildman–Crippen MR) is 183 cm³/mol. The van der Waals surface area contributed by atoms with Gasteiger partial charge in [0.2, 0.25) is 6.29 Å². The van der Waals surface area contributed by atoms with Gasteiger partial charge >= 0.3 is 17.9 Å². The Morgan fingerprint density at radius 2 is 1.71 bits per heavy atom. The quantitative estimate of drug-likeness (QED) is 0.137. The van der Waals surface area contributed by atoms with Crippen molar-refractivity contribution in [1.82, 2.24) is 0 Å². The maximum Gasteiger partial charge on any atom is 0.312 e. The molecule has 0 N–H and O–H groups in total. The van der Waals surface area contributed by atoms with Crippen LogP contribution in [0.4, 0.5) is 0 Å². The van der Waals surface area contributed by atoms with Crippen molar-refractivity contribution in [3.05, 3.63) is 47.0 Å². The Bertz CT molecular complexity index is 1730. The van der Waals surface area contributed by atoms with E-state index < -0.39 is 23.9 Å². The first-order valence-corrected chi connectivity index (χ1v) is 19.1. The van der Waals surface area contributed by atoms with Crippen molar-refractivity contribution >= 4 is 28.7 Å². The third-order valence-electron chi connectivity index (χ3n) is 15.6. The number of rotatable bonds is 11. The van der Waals surface area contributed by atoms with Gasteiger partial charge in [0.15, 0.2) is 0 Å². The summed E-state index contributed by atoms with van der Waals surface area (Å²) in [6, 6.07) is 10.6. The molecule has 0 aromatic heterocycles. The van der Waals surface area contributed by atoms with E-state index >= 15 is 0 Å². The van der Waals surface area contributed by atoms with Crippen LogP contribution in [0.3, 0.4) is 0 Å². The molecule has 1 spiro atoms. The molecular weight excluding hydrogens is 616 g/mol. The Labute approximate surface area is 290 Å². The average molecular weight is 669 g/mol. The number of carbonyl (C=O) groups is 3. The summed E-state index contributed by atoms with van der Waals surface area (Å²) >= 11 is 0. The molecule has 4 bridgehead atoms. The third-order valence-corrected chi connectivity index (χ3v) is 15.6. The fraction of sp³-hybridized carbons (Fsp3) is 0.690. The van der Waals surface area contributed by atoms with Gasteiger partial charge in [0.25, 0.3) is 0 Å². The summed E-state index contributed by atoms with van der Waals surface area (Å²) in [6.07, 6.45) is 7.06. The lowest BCUT2D eigenvalue weighted by molar-refractivity contribution is -0.212. The van der Waals surface area contributed by atoms with E-state index in [1.165, 1.54) is 18.4 Å². The lowest BCUT2D eigenvalue weighted by atomic mass is 9.38. The SMILES string of the molecule is CCC(C)c1cc(C2C3CC4C(OC(=O)C42)C3OC(=O)C(C)(C)CC)c(CC(=O)OC(OC)C23CC4CC5CC(C2)C54C3)c2ccccc12. The van der Waals surface area contributed by atoms with Crippen molar-refractivity contribution in [3.8, 4) is 0 Å². The molecule has 9 rings (SSSR count). The highest BCUT2D eigenvalue weighted by Crippen LogP contribution is 2.85. The molecule has 7 heteroatoms. The van der Waals surface area contributed by atoms with Gasteiger partial charge < -0.3 is 18.9 Å². The topological polar surface area (TPSA) is 88.1 Å². The van der Waals surface area contributed by atoms with E-state index in [-0.39, 0.29) is 59.3 Å². The summed E-state index contributed by atoms with van der Waals surface area (Å²) in [5, 5.41) is 2.17. The zero-order chi connectivity index (χ0) is 34.2. The van der Waals surface area contributed by atoms with Crippen molar-refractivity contribution in [2.24, 2.45) is 51.8 Å². The molecule has 10 atom stereocenters. The van der Waals surface area contributed by atoms with Crippen LogP contribution in [0.25, 0.3) is 10.8 Å². The Balaban J connectivity index is 1.09. The number of hydrogen-bond acceptors (Lipinski definition) is 7. The second-order valence-corrected chi connectivity index (χ2v) is 17.9. The third kappa shape index (κ3) is 4.20. The molecule has 10 unspecified atom stereocenters. The fourth-order valence-electron chi connectivity index (χ4n) is 12.7. The molecule has 7 fully saturated rings. The smallest absolute Gasteiger partial charge is 0.312 e. The van der Waals surface area contributed by atoms with E-state index in [2.05, 4.69) is 38.1 Å². The highest BCUT2D eigenvalue weighted by Gasteiger charge is 2.79. The minimum atomic E-state index is -0.628. The van der Waals surface area contributed by atoms with Gasteiger partial charge in [-0.3, -0.25) is 14.4 Å². The Morgan fingerprint density at radius 3 is 2.35 bits per heavy atom. The molecular formula is C42H52O7. The lowest BCUT2D eigenvalue weighted by Crippen LogP contribution is -2.59. The molecule has 1 aliphatic heterocycles. The molecule has 1 heterocycles. The van der Waals surface area contributed by atoms with Gasteiger partial charge in [-0.1, -0.05) is 51.1 Å². The lowest BCUT2D eigenvalue weighted by Gasteiger charge is -2.66. The van der Waals surface area contributed by atoms with E-state index in [0.717, 1.165) is 71.8 Å².